The number of carbonyl (C=O) groups excluding carboxylic acids is 2. The molecule has 0 amide bonds. The van der Waals surface area contributed by atoms with Gasteiger partial charge in [0.2, 0.25) is 11.6 Å². The second-order valence-corrected chi connectivity index (χ2v) is 13.8. The summed E-state index contributed by atoms with van der Waals surface area (Å²) >= 11 is 0. The Bertz CT molecular complexity index is 2510. The van der Waals surface area contributed by atoms with Crippen molar-refractivity contribution in [3.05, 3.63) is 101 Å². The minimum Gasteiger partial charge on any atom is -0.494 e. The van der Waals surface area contributed by atoms with Crippen molar-refractivity contribution in [2.45, 2.75) is 9.79 Å². The van der Waals surface area contributed by atoms with Gasteiger partial charge in [0.15, 0.2) is 0 Å². The summed E-state index contributed by atoms with van der Waals surface area (Å²) in [6.45, 7) is 0. The Hall–Kier alpha value is -6.14. The number of Topliss-reactive ketones (excluding diaryl/α,β-unsaturated/α-hetero) is 1. The molecule has 0 spiro atoms. The third-order valence-corrected chi connectivity index (χ3v) is 9.73. The average molecular weight is 730 g/mol. The van der Waals surface area contributed by atoms with Gasteiger partial charge in [0, 0.05) is 11.1 Å². The lowest BCUT2D eigenvalue weighted by molar-refractivity contribution is -0.108. The molecule has 0 unspecified atom stereocenters. The van der Waals surface area contributed by atoms with Gasteiger partial charge in [0.05, 0.1) is 36.8 Å². The highest BCUT2D eigenvalue weighted by Gasteiger charge is 2.33. The number of ether oxygens (including phenoxy) is 2. The van der Waals surface area contributed by atoms with Crippen LogP contribution in [0.1, 0.15) is 27.0 Å². The van der Waals surface area contributed by atoms with Gasteiger partial charge in [-0.15, -0.1) is 0 Å². The minimum absolute atomic E-state index is 0.238. The van der Waals surface area contributed by atoms with Gasteiger partial charge in [0.1, 0.15) is 32.7 Å². The molecule has 0 radical (unpaired) electrons. The molecule has 6 N–H and O–H groups in total. The molecule has 0 aromatic heterocycles. The average Bonchev–Trinajstić information content (AvgIpc) is 3.09. The molecule has 17 heteroatoms. The first kappa shape index (κ1) is 34.7. The van der Waals surface area contributed by atoms with Crippen LogP contribution in [0, 0.1) is 0 Å². The van der Waals surface area contributed by atoms with E-state index < -0.39 is 47.1 Å². The predicted molar refractivity (Wildman–Crippen MR) is 191 cm³/mol. The summed E-state index contributed by atoms with van der Waals surface area (Å²) in [5, 5.41) is 8.46. The number of carbonyl (C=O) groups is 2. The molecule has 51 heavy (non-hydrogen) atoms. The van der Waals surface area contributed by atoms with Crippen molar-refractivity contribution in [1.82, 2.24) is 0 Å². The number of anilines is 3. The smallest absolute Gasteiger partial charge is 0.296 e. The first-order valence-corrected chi connectivity index (χ1v) is 17.6. The standard InChI is InChI=1S/C34H27N5O10S2/c1-48-27-15-19(20-8-12-24(28(16-20)49-2)37-39-33-21-6-4-3-5-18(21)9-14-26(33)40)7-11-23(27)36-38-25-13-10-22-29(50(42,43)44)17-30(51(45,46)47)32(35)31(22)34(25)41/h3-17,36-37H,35H2,1-2H3,(H,42,43,44)(H,45,46,47)/b38-25-,39-33-. The molecule has 6 rings (SSSR count). The van der Waals surface area contributed by atoms with Crippen molar-refractivity contribution in [2.75, 3.05) is 30.8 Å². The van der Waals surface area contributed by atoms with Crippen molar-refractivity contribution < 1.29 is 45.0 Å². The molecule has 15 nitrogen and oxygen atoms in total. The van der Waals surface area contributed by atoms with Crippen molar-refractivity contribution in [3.8, 4) is 22.6 Å². The second kappa shape index (κ2) is 13.3. The van der Waals surface area contributed by atoms with Gasteiger partial charge in [-0.3, -0.25) is 29.5 Å². The fourth-order valence-electron chi connectivity index (χ4n) is 5.47. The number of ketones is 2. The number of hydrogen-bond acceptors (Lipinski definition) is 13. The maximum absolute atomic E-state index is 13.4. The zero-order valence-corrected chi connectivity index (χ0v) is 28.2. The van der Waals surface area contributed by atoms with E-state index in [0.29, 0.717) is 40.1 Å². The van der Waals surface area contributed by atoms with E-state index in [4.69, 9.17) is 15.2 Å². The Labute approximate surface area is 291 Å². The van der Waals surface area contributed by atoms with E-state index in [1.807, 2.05) is 24.3 Å². The van der Waals surface area contributed by atoms with E-state index in [-0.39, 0.29) is 22.8 Å². The SMILES string of the molecule is COc1cc(-c2ccc(N/N=C3\C(=O)C=Cc4ccccc43)c(OC)c2)ccc1N/N=C1/C=Cc2c(S(=O)(=O)O)cc(S(=O)(=O)O)c(N)c2C1=O. The molecule has 0 saturated heterocycles. The molecule has 0 heterocycles. The Balaban J connectivity index is 1.26. The van der Waals surface area contributed by atoms with Crippen molar-refractivity contribution in [2.24, 2.45) is 10.2 Å². The molecule has 2 aliphatic rings. The lowest BCUT2D eigenvalue weighted by Gasteiger charge is -2.18. The summed E-state index contributed by atoms with van der Waals surface area (Å²) in [5.41, 5.74) is 13.6. The summed E-state index contributed by atoms with van der Waals surface area (Å²) in [6.07, 6.45) is 5.46. The van der Waals surface area contributed by atoms with Crippen LogP contribution in [0.4, 0.5) is 17.1 Å². The molecule has 2 aliphatic carbocycles. The molecule has 0 atom stereocenters. The van der Waals surface area contributed by atoms with Crippen LogP contribution < -0.4 is 26.1 Å². The summed E-state index contributed by atoms with van der Waals surface area (Å²) in [7, 11) is -7.22. The fraction of sp³-hybridized carbons (Fsp3) is 0.0588. The first-order valence-electron chi connectivity index (χ1n) is 14.7. The number of nitrogens with two attached hydrogens (primary N) is 1. The number of hydrazone groups is 2. The van der Waals surface area contributed by atoms with Crippen molar-refractivity contribution in [1.29, 1.82) is 0 Å². The molecule has 260 valence electrons. The van der Waals surface area contributed by atoms with Crippen LogP contribution in [0.5, 0.6) is 11.5 Å². The molecular formula is C34H27N5O10S2. The normalized spacial score (nSPS) is 15.5. The van der Waals surface area contributed by atoms with Crippen LogP contribution in [0.25, 0.3) is 23.3 Å². The number of allylic oxidation sites excluding steroid dienone is 2. The fourth-order valence-corrected chi connectivity index (χ4v) is 6.91. The largest absolute Gasteiger partial charge is 0.494 e. The van der Waals surface area contributed by atoms with Gasteiger partial charge in [-0.25, -0.2) is 0 Å². The van der Waals surface area contributed by atoms with Crippen molar-refractivity contribution in [3.63, 3.8) is 0 Å². The Morgan fingerprint density at radius 1 is 0.706 bits per heavy atom. The van der Waals surface area contributed by atoms with Crippen LogP contribution in [0.3, 0.4) is 0 Å². The second-order valence-electron chi connectivity index (χ2n) is 11.0. The van der Waals surface area contributed by atoms with Crippen LogP contribution in [0.2, 0.25) is 0 Å². The third-order valence-electron chi connectivity index (χ3n) is 7.94. The first-order chi connectivity index (χ1) is 24.2. The number of methoxy groups -OCH3 is 2. The van der Waals surface area contributed by atoms with Crippen LogP contribution in [0.15, 0.2) is 98.9 Å². The number of nitrogens with zero attached hydrogens (tertiary/aromatic N) is 2. The topological polar surface area (TPSA) is 236 Å². The van der Waals surface area contributed by atoms with Gasteiger partial charge < -0.3 is 15.2 Å². The summed E-state index contributed by atoms with van der Waals surface area (Å²) in [6, 6.07) is 18.2. The van der Waals surface area contributed by atoms with E-state index in [9.17, 15) is 35.5 Å². The van der Waals surface area contributed by atoms with E-state index in [1.54, 1.807) is 42.5 Å². The van der Waals surface area contributed by atoms with Crippen LogP contribution in [-0.4, -0.2) is 63.2 Å². The van der Waals surface area contributed by atoms with Gasteiger partial charge in [0.25, 0.3) is 20.2 Å². The monoisotopic (exact) mass is 729 g/mol. The van der Waals surface area contributed by atoms with E-state index in [0.717, 1.165) is 23.3 Å². The maximum atomic E-state index is 13.4. The van der Waals surface area contributed by atoms with Gasteiger partial charge in [-0.2, -0.15) is 27.0 Å². The molecule has 4 aromatic carbocycles. The van der Waals surface area contributed by atoms with Gasteiger partial charge in [-0.1, -0.05) is 48.6 Å². The highest BCUT2D eigenvalue weighted by atomic mass is 32.2. The summed E-state index contributed by atoms with van der Waals surface area (Å²) in [4.78, 5) is 23.9. The van der Waals surface area contributed by atoms with Gasteiger partial charge in [-0.05, 0) is 59.2 Å². The number of hydrogen-bond donors (Lipinski definition) is 5. The van der Waals surface area contributed by atoms with E-state index in [2.05, 4.69) is 21.1 Å². The van der Waals surface area contributed by atoms with Crippen LogP contribution in [-0.2, 0) is 25.0 Å². The lowest BCUT2D eigenvalue weighted by atomic mass is 9.93. The molecule has 0 bridgehead atoms. The molecule has 0 fully saturated rings. The highest BCUT2D eigenvalue weighted by molar-refractivity contribution is 7.86. The van der Waals surface area contributed by atoms with E-state index >= 15 is 0 Å². The zero-order chi connectivity index (χ0) is 36.7. The Kier molecular flexibility index (Phi) is 9.05. The number of benzene rings is 4. The molecule has 0 saturated carbocycles. The molecule has 0 aliphatic heterocycles. The lowest BCUT2D eigenvalue weighted by Crippen LogP contribution is -2.23. The number of nitrogen functional groups attached to an aromatic ring is 1. The maximum Gasteiger partial charge on any atom is 0.296 e. The summed E-state index contributed by atoms with van der Waals surface area (Å²) < 4.78 is 78.2. The van der Waals surface area contributed by atoms with E-state index in [1.165, 1.54) is 20.3 Å². The quantitative estimate of drug-likeness (QED) is 0.0905. The minimum atomic E-state index is -5.09. The number of rotatable bonds is 9. The Morgan fingerprint density at radius 3 is 1.88 bits per heavy atom. The summed E-state index contributed by atoms with van der Waals surface area (Å²) in [5.74, 6) is -0.476. The highest BCUT2D eigenvalue weighted by Crippen LogP contribution is 2.37. The van der Waals surface area contributed by atoms with Gasteiger partial charge >= 0.3 is 0 Å². The van der Waals surface area contributed by atoms with Crippen LogP contribution >= 0.6 is 0 Å². The predicted octanol–water partition coefficient (Wildman–Crippen LogP) is 4.54. The Morgan fingerprint density at radius 2 is 1.29 bits per heavy atom. The number of fused-ring (bicyclic) bond motifs is 2. The molecular weight excluding hydrogens is 703 g/mol. The third kappa shape index (κ3) is 6.73. The van der Waals surface area contributed by atoms with Crippen molar-refractivity contribution >= 4 is 72.4 Å². The number of nitrogens with one attached hydrogen (secondary N) is 2. The molecule has 4 aromatic rings. The zero-order valence-electron chi connectivity index (χ0n) is 26.6.